The molecule has 5 heteroatoms. The Morgan fingerprint density at radius 3 is 2.22 bits per heavy atom. The molecule has 0 radical (unpaired) electrons. The Kier molecular flexibility index (Phi) is 4.67. The van der Waals surface area contributed by atoms with E-state index in [4.69, 9.17) is 22.7 Å². The molecule has 0 amide bonds. The topological polar surface area (TPSA) is 61.5 Å². The number of thiocarbonyl (C=S) groups is 1. The fourth-order valence-electron chi connectivity index (χ4n) is 1.67. The van der Waals surface area contributed by atoms with E-state index < -0.39 is 12.1 Å². The molecule has 0 spiro atoms. The predicted octanol–water partition coefficient (Wildman–Crippen LogP) is 1.88. The average Bonchev–Trinajstić information content (AvgIpc) is 2.31. The molecule has 0 fully saturated rings. The molecule has 0 aliphatic heterocycles. The third-order valence-electron chi connectivity index (χ3n) is 2.57. The Morgan fingerprint density at radius 1 is 1.33 bits per heavy atom. The highest BCUT2D eigenvalue weighted by Gasteiger charge is 2.17. The number of hydrogen-bond acceptors (Lipinski definition) is 4. The number of hydrogen-bond donors (Lipinski definition) is 1. The van der Waals surface area contributed by atoms with Crippen molar-refractivity contribution in [2.45, 2.75) is 26.9 Å². The standard InChI is InChI=1S/C13H17NO3S/c1-7-5-10(12(14)18)6-8(2)11(7)17-9(3)13(15)16-4/h5-6,9H,1-4H3,(H2,14,18). The van der Waals surface area contributed by atoms with Crippen LogP contribution in [0.15, 0.2) is 12.1 Å². The van der Waals surface area contributed by atoms with Crippen molar-refractivity contribution in [2.24, 2.45) is 5.73 Å². The molecule has 0 saturated heterocycles. The summed E-state index contributed by atoms with van der Waals surface area (Å²) in [5.41, 5.74) is 8.14. The molecule has 2 N–H and O–H groups in total. The van der Waals surface area contributed by atoms with Crippen molar-refractivity contribution < 1.29 is 14.3 Å². The Labute approximate surface area is 112 Å². The van der Waals surface area contributed by atoms with Gasteiger partial charge in [-0.1, -0.05) is 12.2 Å². The smallest absolute Gasteiger partial charge is 0.346 e. The van der Waals surface area contributed by atoms with Gasteiger partial charge in [-0.3, -0.25) is 0 Å². The number of carbonyl (C=O) groups is 1. The first-order valence-electron chi connectivity index (χ1n) is 5.52. The number of carbonyl (C=O) groups excluding carboxylic acids is 1. The van der Waals surface area contributed by atoms with Crippen LogP contribution in [0.25, 0.3) is 0 Å². The minimum absolute atomic E-state index is 0.341. The number of benzene rings is 1. The van der Waals surface area contributed by atoms with Gasteiger partial charge in [0.1, 0.15) is 10.7 Å². The van der Waals surface area contributed by atoms with Gasteiger partial charge in [0.25, 0.3) is 0 Å². The predicted molar refractivity (Wildman–Crippen MR) is 73.9 cm³/mol. The van der Waals surface area contributed by atoms with Crippen LogP contribution in [0.4, 0.5) is 0 Å². The van der Waals surface area contributed by atoms with E-state index in [-0.39, 0.29) is 0 Å². The van der Waals surface area contributed by atoms with Crippen LogP contribution < -0.4 is 10.5 Å². The second kappa shape index (κ2) is 5.82. The minimum Gasteiger partial charge on any atom is -0.478 e. The van der Waals surface area contributed by atoms with Crippen LogP contribution in [0, 0.1) is 13.8 Å². The monoisotopic (exact) mass is 267 g/mol. The number of ether oxygens (including phenoxy) is 2. The van der Waals surface area contributed by atoms with E-state index in [2.05, 4.69) is 4.74 Å². The minimum atomic E-state index is -0.650. The quantitative estimate of drug-likeness (QED) is 0.666. The third-order valence-corrected chi connectivity index (χ3v) is 2.81. The first kappa shape index (κ1) is 14.4. The van der Waals surface area contributed by atoms with E-state index in [0.717, 1.165) is 16.7 Å². The maximum atomic E-state index is 11.3. The first-order valence-corrected chi connectivity index (χ1v) is 5.93. The molecule has 1 unspecified atom stereocenters. The number of aryl methyl sites for hydroxylation is 2. The summed E-state index contributed by atoms with van der Waals surface area (Å²) in [5, 5.41) is 0. The molecule has 0 aliphatic rings. The van der Waals surface area contributed by atoms with Crippen LogP contribution >= 0.6 is 12.2 Å². The van der Waals surface area contributed by atoms with Crippen molar-refractivity contribution in [1.82, 2.24) is 0 Å². The second-order valence-electron chi connectivity index (χ2n) is 4.09. The van der Waals surface area contributed by atoms with Crippen molar-refractivity contribution >= 4 is 23.2 Å². The Morgan fingerprint density at radius 2 is 1.83 bits per heavy atom. The van der Waals surface area contributed by atoms with Gasteiger partial charge in [0.05, 0.1) is 7.11 Å². The summed E-state index contributed by atoms with van der Waals surface area (Å²) in [6.07, 6.45) is -0.650. The van der Waals surface area contributed by atoms with Gasteiger partial charge in [0.2, 0.25) is 0 Å². The van der Waals surface area contributed by atoms with Crippen molar-refractivity contribution in [2.75, 3.05) is 7.11 Å². The van der Waals surface area contributed by atoms with Crippen LogP contribution in [-0.2, 0) is 9.53 Å². The molecule has 1 atom stereocenters. The molecule has 1 aromatic carbocycles. The molecular formula is C13H17NO3S. The van der Waals surface area contributed by atoms with Crippen LogP contribution in [0.1, 0.15) is 23.6 Å². The van der Waals surface area contributed by atoms with Gasteiger partial charge in [-0.25, -0.2) is 4.79 Å². The van der Waals surface area contributed by atoms with E-state index in [1.165, 1.54) is 7.11 Å². The lowest BCUT2D eigenvalue weighted by molar-refractivity contribution is -0.147. The van der Waals surface area contributed by atoms with Gasteiger partial charge in [-0.05, 0) is 44.0 Å². The van der Waals surface area contributed by atoms with Crippen LogP contribution in [0.5, 0.6) is 5.75 Å². The fraction of sp³-hybridized carbons (Fsp3) is 0.385. The zero-order valence-corrected chi connectivity index (χ0v) is 11.8. The number of methoxy groups -OCH3 is 1. The highest BCUT2D eigenvalue weighted by Crippen LogP contribution is 2.26. The molecule has 4 nitrogen and oxygen atoms in total. The Hall–Kier alpha value is -1.62. The van der Waals surface area contributed by atoms with Gasteiger partial charge in [-0.2, -0.15) is 0 Å². The molecule has 1 aromatic rings. The van der Waals surface area contributed by atoms with Crippen LogP contribution in [0.2, 0.25) is 0 Å². The van der Waals surface area contributed by atoms with E-state index >= 15 is 0 Å². The number of rotatable bonds is 4. The van der Waals surface area contributed by atoms with Gasteiger partial charge in [0, 0.05) is 5.56 Å². The van der Waals surface area contributed by atoms with E-state index in [1.54, 1.807) is 6.92 Å². The largest absolute Gasteiger partial charge is 0.478 e. The summed E-state index contributed by atoms with van der Waals surface area (Å²) in [6.45, 7) is 5.41. The van der Waals surface area contributed by atoms with E-state index in [0.29, 0.717) is 10.7 Å². The fourth-order valence-corrected chi connectivity index (χ4v) is 1.79. The van der Waals surface area contributed by atoms with Gasteiger partial charge < -0.3 is 15.2 Å². The molecule has 0 heterocycles. The zero-order chi connectivity index (χ0) is 13.9. The Bertz CT molecular complexity index is 462. The lowest BCUT2D eigenvalue weighted by Gasteiger charge is -2.17. The second-order valence-corrected chi connectivity index (χ2v) is 4.53. The van der Waals surface area contributed by atoms with Crippen LogP contribution in [0.3, 0.4) is 0 Å². The van der Waals surface area contributed by atoms with Crippen molar-refractivity contribution in [3.05, 3.63) is 28.8 Å². The highest BCUT2D eigenvalue weighted by atomic mass is 32.1. The van der Waals surface area contributed by atoms with Crippen molar-refractivity contribution in [1.29, 1.82) is 0 Å². The Balaban J connectivity index is 3.04. The molecule has 18 heavy (non-hydrogen) atoms. The molecule has 1 rings (SSSR count). The van der Waals surface area contributed by atoms with E-state index in [1.807, 2.05) is 26.0 Å². The van der Waals surface area contributed by atoms with E-state index in [9.17, 15) is 4.79 Å². The first-order chi connectivity index (χ1) is 8.36. The molecule has 0 bridgehead atoms. The maximum Gasteiger partial charge on any atom is 0.346 e. The molecule has 98 valence electrons. The summed E-state index contributed by atoms with van der Waals surface area (Å²) in [6, 6.07) is 3.68. The molecule has 0 aliphatic carbocycles. The average molecular weight is 267 g/mol. The lowest BCUT2D eigenvalue weighted by atomic mass is 10.1. The number of nitrogens with two attached hydrogens (primary N) is 1. The zero-order valence-electron chi connectivity index (χ0n) is 10.9. The maximum absolute atomic E-state index is 11.3. The molecule has 0 aromatic heterocycles. The summed E-state index contributed by atoms with van der Waals surface area (Å²) >= 11 is 4.94. The van der Waals surface area contributed by atoms with Gasteiger partial charge in [0.15, 0.2) is 6.10 Å². The molecule has 0 saturated carbocycles. The lowest BCUT2D eigenvalue weighted by Crippen LogP contribution is -2.25. The summed E-state index contributed by atoms with van der Waals surface area (Å²) in [5.74, 6) is 0.250. The van der Waals surface area contributed by atoms with Gasteiger partial charge in [-0.15, -0.1) is 0 Å². The summed E-state index contributed by atoms with van der Waals surface area (Å²) in [7, 11) is 1.33. The van der Waals surface area contributed by atoms with Crippen molar-refractivity contribution in [3.8, 4) is 5.75 Å². The highest BCUT2D eigenvalue weighted by molar-refractivity contribution is 7.80. The van der Waals surface area contributed by atoms with Crippen molar-refractivity contribution in [3.63, 3.8) is 0 Å². The summed E-state index contributed by atoms with van der Waals surface area (Å²) < 4.78 is 10.2. The van der Waals surface area contributed by atoms with Gasteiger partial charge >= 0.3 is 5.97 Å². The van der Waals surface area contributed by atoms with Crippen LogP contribution in [-0.4, -0.2) is 24.2 Å². The number of esters is 1. The molecular weight excluding hydrogens is 250 g/mol. The summed E-state index contributed by atoms with van der Waals surface area (Å²) in [4.78, 5) is 11.7. The third kappa shape index (κ3) is 3.20. The SMILES string of the molecule is COC(=O)C(C)Oc1c(C)cc(C(N)=S)cc1C. The normalized spacial score (nSPS) is 11.8.